The van der Waals surface area contributed by atoms with Crippen molar-refractivity contribution in [1.29, 1.82) is 0 Å². The molecule has 1 aliphatic carbocycles. The third-order valence-electron chi connectivity index (χ3n) is 5.11. The summed E-state index contributed by atoms with van der Waals surface area (Å²) in [5.41, 5.74) is 1.30. The van der Waals surface area contributed by atoms with E-state index in [1.54, 1.807) is 24.3 Å². The Morgan fingerprint density at radius 2 is 2.00 bits per heavy atom. The summed E-state index contributed by atoms with van der Waals surface area (Å²) in [5, 5.41) is 9.73. The fourth-order valence-electron chi connectivity index (χ4n) is 3.59. The highest BCUT2D eigenvalue weighted by atomic mass is 16.5. The van der Waals surface area contributed by atoms with Gasteiger partial charge in [-0.05, 0) is 37.0 Å². The molecule has 2 aliphatic rings. The standard InChI is InChI=1S/C21H26O5/c1-2-3-4-5-20(23)26-16-9-6-14(7-10-16)18-13-25-19-12-15(22)8-11-17(19)21(18)24/h6-7,9-10,13,15,17,19,22H,2-5,8,11-12H2,1H3. The summed E-state index contributed by atoms with van der Waals surface area (Å²) in [5.74, 6) is 0.136. The second-order valence-electron chi connectivity index (χ2n) is 7.10. The number of ether oxygens (including phenoxy) is 2. The number of hydrogen-bond acceptors (Lipinski definition) is 5. The molecule has 1 heterocycles. The van der Waals surface area contributed by atoms with Gasteiger partial charge < -0.3 is 14.6 Å². The van der Waals surface area contributed by atoms with Crippen LogP contribution in [0.5, 0.6) is 5.75 Å². The predicted octanol–water partition coefficient (Wildman–Crippen LogP) is 3.64. The number of hydrogen-bond donors (Lipinski definition) is 1. The first kappa shape index (κ1) is 18.6. The third-order valence-corrected chi connectivity index (χ3v) is 5.11. The number of carbonyl (C=O) groups excluding carboxylic acids is 2. The van der Waals surface area contributed by atoms with Crippen LogP contribution in [0.2, 0.25) is 0 Å². The topological polar surface area (TPSA) is 72.8 Å². The van der Waals surface area contributed by atoms with Crippen molar-refractivity contribution in [2.75, 3.05) is 0 Å². The van der Waals surface area contributed by atoms with Gasteiger partial charge in [-0.2, -0.15) is 0 Å². The van der Waals surface area contributed by atoms with Crippen molar-refractivity contribution in [1.82, 2.24) is 0 Å². The van der Waals surface area contributed by atoms with E-state index in [2.05, 4.69) is 6.92 Å². The minimum Gasteiger partial charge on any atom is -0.496 e. The molecule has 0 spiro atoms. The number of allylic oxidation sites excluding steroid dienone is 1. The molecule has 1 saturated carbocycles. The molecule has 140 valence electrons. The number of esters is 1. The molecule has 26 heavy (non-hydrogen) atoms. The summed E-state index contributed by atoms with van der Waals surface area (Å²) in [6, 6.07) is 6.97. The van der Waals surface area contributed by atoms with E-state index in [4.69, 9.17) is 9.47 Å². The van der Waals surface area contributed by atoms with Crippen LogP contribution in [-0.2, 0) is 14.3 Å². The molecule has 1 fully saturated rings. The van der Waals surface area contributed by atoms with Gasteiger partial charge in [0.25, 0.3) is 0 Å². The van der Waals surface area contributed by atoms with Crippen molar-refractivity contribution in [3.05, 3.63) is 36.1 Å². The van der Waals surface area contributed by atoms with Gasteiger partial charge in [0.05, 0.1) is 23.9 Å². The van der Waals surface area contributed by atoms with Crippen LogP contribution < -0.4 is 4.74 Å². The van der Waals surface area contributed by atoms with Gasteiger partial charge in [0.2, 0.25) is 0 Å². The maximum Gasteiger partial charge on any atom is 0.311 e. The number of Topliss-reactive ketones (excluding diaryl/α,β-unsaturated/α-hetero) is 1. The lowest BCUT2D eigenvalue weighted by Gasteiger charge is -2.36. The van der Waals surface area contributed by atoms with Gasteiger partial charge in [0.15, 0.2) is 5.78 Å². The smallest absolute Gasteiger partial charge is 0.311 e. The summed E-state index contributed by atoms with van der Waals surface area (Å²) in [6.45, 7) is 2.09. The predicted molar refractivity (Wildman–Crippen MR) is 97.4 cm³/mol. The Morgan fingerprint density at radius 3 is 2.73 bits per heavy atom. The van der Waals surface area contributed by atoms with E-state index in [1.165, 1.54) is 6.26 Å². The number of aliphatic hydroxyl groups excluding tert-OH is 1. The van der Waals surface area contributed by atoms with Gasteiger partial charge in [0, 0.05) is 12.8 Å². The fourth-order valence-corrected chi connectivity index (χ4v) is 3.59. The molecule has 1 N–H and O–H groups in total. The second-order valence-corrected chi connectivity index (χ2v) is 7.10. The zero-order chi connectivity index (χ0) is 18.5. The summed E-state index contributed by atoms with van der Waals surface area (Å²) in [4.78, 5) is 24.5. The second kappa shape index (κ2) is 8.49. The summed E-state index contributed by atoms with van der Waals surface area (Å²) in [6.07, 6.45) is 6.03. The molecule has 3 unspecified atom stereocenters. The number of carbonyl (C=O) groups is 2. The molecule has 1 aromatic carbocycles. The normalized spacial score (nSPS) is 25.1. The highest BCUT2D eigenvalue weighted by Gasteiger charge is 2.39. The highest BCUT2D eigenvalue weighted by molar-refractivity contribution is 6.22. The number of ketones is 1. The number of unbranched alkanes of at least 4 members (excludes halogenated alkanes) is 2. The van der Waals surface area contributed by atoms with Crippen LogP contribution in [0, 0.1) is 5.92 Å². The van der Waals surface area contributed by atoms with E-state index in [9.17, 15) is 14.7 Å². The summed E-state index contributed by atoms with van der Waals surface area (Å²) >= 11 is 0. The molecule has 3 atom stereocenters. The van der Waals surface area contributed by atoms with E-state index < -0.39 is 0 Å². The van der Waals surface area contributed by atoms with Gasteiger partial charge in [0.1, 0.15) is 11.9 Å². The number of benzene rings is 1. The molecule has 0 amide bonds. The van der Waals surface area contributed by atoms with Crippen LogP contribution in [-0.4, -0.2) is 29.1 Å². The molecular weight excluding hydrogens is 332 g/mol. The van der Waals surface area contributed by atoms with E-state index in [0.717, 1.165) is 24.8 Å². The Bertz CT molecular complexity index is 676. The van der Waals surface area contributed by atoms with E-state index in [-0.39, 0.29) is 29.9 Å². The first-order valence-corrected chi connectivity index (χ1v) is 9.47. The molecule has 5 nitrogen and oxygen atoms in total. The average Bonchev–Trinajstić information content (AvgIpc) is 2.63. The number of fused-ring (bicyclic) bond motifs is 1. The Balaban J connectivity index is 1.63. The van der Waals surface area contributed by atoms with Crippen LogP contribution in [0.25, 0.3) is 5.57 Å². The van der Waals surface area contributed by atoms with Gasteiger partial charge in [-0.25, -0.2) is 0 Å². The quantitative estimate of drug-likeness (QED) is 0.477. The van der Waals surface area contributed by atoms with Crippen LogP contribution in [0.4, 0.5) is 0 Å². The molecule has 1 aromatic rings. The van der Waals surface area contributed by atoms with Gasteiger partial charge >= 0.3 is 5.97 Å². The molecule has 0 bridgehead atoms. The Kier molecular flexibility index (Phi) is 6.09. The number of rotatable bonds is 6. The van der Waals surface area contributed by atoms with Crippen LogP contribution in [0.3, 0.4) is 0 Å². The third kappa shape index (κ3) is 4.33. The van der Waals surface area contributed by atoms with Gasteiger partial charge in [-0.15, -0.1) is 0 Å². The van der Waals surface area contributed by atoms with E-state index >= 15 is 0 Å². The van der Waals surface area contributed by atoms with E-state index in [1.807, 2.05) is 0 Å². The molecule has 0 aromatic heterocycles. The van der Waals surface area contributed by atoms with Crippen LogP contribution in [0.15, 0.2) is 30.5 Å². The number of aliphatic hydroxyl groups is 1. The Hall–Kier alpha value is -2.14. The van der Waals surface area contributed by atoms with Crippen molar-refractivity contribution in [2.45, 2.75) is 64.1 Å². The maximum atomic E-state index is 12.8. The van der Waals surface area contributed by atoms with Crippen molar-refractivity contribution < 1.29 is 24.2 Å². The van der Waals surface area contributed by atoms with Gasteiger partial charge in [-0.3, -0.25) is 9.59 Å². The maximum absolute atomic E-state index is 12.8. The minimum atomic E-state index is -0.384. The van der Waals surface area contributed by atoms with Crippen molar-refractivity contribution in [2.24, 2.45) is 5.92 Å². The molecule has 0 radical (unpaired) electrons. The fraction of sp³-hybridized carbons (Fsp3) is 0.524. The van der Waals surface area contributed by atoms with E-state index in [0.29, 0.717) is 37.0 Å². The van der Waals surface area contributed by atoms with Crippen molar-refractivity contribution >= 4 is 17.3 Å². The zero-order valence-corrected chi connectivity index (χ0v) is 15.1. The molecule has 1 aliphatic heterocycles. The molecular formula is C21H26O5. The van der Waals surface area contributed by atoms with Gasteiger partial charge in [-0.1, -0.05) is 31.9 Å². The lowest BCUT2D eigenvalue weighted by molar-refractivity contribution is -0.134. The largest absolute Gasteiger partial charge is 0.496 e. The average molecular weight is 358 g/mol. The van der Waals surface area contributed by atoms with Crippen molar-refractivity contribution in [3.63, 3.8) is 0 Å². The SMILES string of the molecule is CCCCCC(=O)Oc1ccc(C2=COC3CC(O)CCC3C2=O)cc1. The minimum absolute atomic E-state index is 0.0671. The summed E-state index contributed by atoms with van der Waals surface area (Å²) in [7, 11) is 0. The molecule has 5 heteroatoms. The van der Waals surface area contributed by atoms with Crippen LogP contribution in [0.1, 0.15) is 57.4 Å². The van der Waals surface area contributed by atoms with Crippen molar-refractivity contribution in [3.8, 4) is 5.75 Å². The highest BCUT2D eigenvalue weighted by Crippen LogP contribution is 2.36. The lowest BCUT2D eigenvalue weighted by Crippen LogP contribution is -2.40. The first-order chi connectivity index (χ1) is 12.6. The first-order valence-electron chi connectivity index (χ1n) is 9.47. The zero-order valence-electron chi connectivity index (χ0n) is 15.1. The lowest BCUT2D eigenvalue weighted by atomic mass is 9.78. The molecule has 3 rings (SSSR count). The molecule has 0 saturated heterocycles. The monoisotopic (exact) mass is 358 g/mol. The Morgan fingerprint density at radius 1 is 1.23 bits per heavy atom. The summed E-state index contributed by atoms with van der Waals surface area (Å²) < 4.78 is 11.0. The Labute approximate surface area is 154 Å². The van der Waals surface area contributed by atoms with Crippen LogP contribution >= 0.6 is 0 Å².